The summed E-state index contributed by atoms with van der Waals surface area (Å²) in [5.74, 6) is 0.615. The lowest BCUT2D eigenvalue weighted by atomic mass is 10.1. The molecule has 154 valence electrons. The molecule has 2 heterocycles. The normalized spacial score (nSPS) is 21.1. The lowest BCUT2D eigenvalue weighted by Gasteiger charge is -2.26. The van der Waals surface area contributed by atoms with Gasteiger partial charge in [0.2, 0.25) is 5.91 Å². The van der Waals surface area contributed by atoms with Gasteiger partial charge in [-0.25, -0.2) is 0 Å². The van der Waals surface area contributed by atoms with Crippen LogP contribution in [0.3, 0.4) is 0 Å². The van der Waals surface area contributed by atoms with Crippen molar-refractivity contribution in [3.05, 3.63) is 28.8 Å². The maximum atomic E-state index is 13.0. The van der Waals surface area contributed by atoms with E-state index in [1.165, 1.54) is 0 Å². The number of benzene rings is 1. The van der Waals surface area contributed by atoms with E-state index < -0.39 is 0 Å². The minimum atomic E-state index is -0.0902. The summed E-state index contributed by atoms with van der Waals surface area (Å²) in [5.41, 5.74) is 0.478. The molecule has 1 aromatic rings. The number of ether oxygens (including phenoxy) is 2. The average Bonchev–Trinajstić information content (AvgIpc) is 2.91. The number of carbonyl (C=O) groups is 2. The highest BCUT2D eigenvalue weighted by Gasteiger charge is 2.36. The molecule has 0 aromatic heterocycles. The standard InChI is InChI=1S/C20H28ClN3O4/c1-27-13-12-24-9-6-17(20(24)26)22-7-3-8-23(11-10-22)19(25)16-14-15(21)4-5-18(16)28-2/h4-5,14,17H,3,6-13H2,1-2H3/t17-/m0/s1. The fraction of sp³-hybridized carbons (Fsp3) is 0.600. The molecule has 1 atom stereocenters. The van der Waals surface area contributed by atoms with Crippen molar-refractivity contribution in [2.24, 2.45) is 0 Å². The number of amides is 2. The molecule has 0 N–H and O–H groups in total. The van der Waals surface area contributed by atoms with Gasteiger partial charge in [-0.3, -0.25) is 14.5 Å². The maximum Gasteiger partial charge on any atom is 0.257 e. The summed E-state index contributed by atoms with van der Waals surface area (Å²) in [6.45, 7) is 4.69. The predicted octanol–water partition coefficient (Wildman–Crippen LogP) is 1.74. The summed E-state index contributed by atoms with van der Waals surface area (Å²) in [6.07, 6.45) is 1.66. The van der Waals surface area contributed by atoms with Crippen molar-refractivity contribution >= 4 is 23.4 Å². The lowest BCUT2D eigenvalue weighted by Crippen LogP contribution is -2.44. The zero-order valence-corrected chi connectivity index (χ0v) is 17.3. The second-order valence-corrected chi connectivity index (χ2v) is 7.59. The van der Waals surface area contributed by atoms with E-state index in [2.05, 4.69) is 4.90 Å². The Balaban J connectivity index is 1.63. The molecule has 0 aliphatic carbocycles. The Kier molecular flexibility index (Phi) is 7.15. The van der Waals surface area contributed by atoms with Gasteiger partial charge in [0.05, 0.1) is 25.3 Å². The Bertz CT molecular complexity index is 715. The molecule has 2 fully saturated rings. The highest BCUT2D eigenvalue weighted by Crippen LogP contribution is 2.25. The van der Waals surface area contributed by atoms with Crippen LogP contribution in [0.2, 0.25) is 5.02 Å². The highest BCUT2D eigenvalue weighted by atomic mass is 35.5. The fourth-order valence-corrected chi connectivity index (χ4v) is 4.13. The SMILES string of the molecule is COCCN1CC[C@H](N2CCCN(C(=O)c3cc(Cl)ccc3OC)CC2)C1=O. The van der Waals surface area contributed by atoms with Crippen LogP contribution in [-0.2, 0) is 9.53 Å². The zero-order chi connectivity index (χ0) is 20.1. The third-order valence-electron chi connectivity index (χ3n) is 5.48. The van der Waals surface area contributed by atoms with Crippen LogP contribution >= 0.6 is 11.6 Å². The van der Waals surface area contributed by atoms with E-state index >= 15 is 0 Å². The van der Waals surface area contributed by atoms with Gasteiger partial charge in [-0.05, 0) is 31.0 Å². The van der Waals surface area contributed by atoms with Crippen LogP contribution in [0.15, 0.2) is 18.2 Å². The second-order valence-electron chi connectivity index (χ2n) is 7.15. The van der Waals surface area contributed by atoms with Gasteiger partial charge in [-0.15, -0.1) is 0 Å². The summed E-state index contributed by atoms with van der Waals surface area (Å²) in [7, 11) is 3.19. The van der Waals surface area contributed by atoms with Crippen LogP contribution in [0.4, 0.5) is 0 Å². The molecule has 2 saturated heterocycles. The van der Waals surface area contributed by atoms with E-state index in [0.29, 0.717) is 49.1 Å². The number of nitrogens with zero attached hydrogens (tertiary/aromatic N) is 3. The monoisotopic (exact) mass is 409 g/mol. The van der Waals surface area contributed by atoms with E-state index in [9.17, 15) is 9.59 Å². The van der Waals surface area contributed by atoms with Crippen molar-refractivity contribution in [3.63, 3.8) is 0 Å². The summed E-state index contributed by atoms with van der Waals surface area (Å²) in [4.78, 5) is 31.6. The fourth-order valence-electron chi connectivity index (χ4n) is 3.95. The molecule has 0 saturated carbocycles. The average molecular weight is 410 g/mol. The van der Waals surface area contributed by atoms with Crippen molar-refractivity contribution in [1.82, 2.24) is 14.7 Å². The van der Waals surface area contributed by atoms with Crippen molar-refractivity contribution in [2.75, 3.05) is 60.1 Å². The number of carbonyl (C=O) groups excluding carboxylic acids is 2. The molecule has 28 heavy (non-hydrogen) atoms. The third-order valence-corrected chi connectivity index (χ3v) is 5.72. The van der Waals surface area contributed by atoms with Gasteiger partial charge in [0.1, 0.15) is 5.75 Å². The second kappa shape index (κ2) is 9.58. The molecule has 3 rings (SSSR count). The summed E-state index contributed by atoms with van der Waals surface area (Å²) in [6, 6.07) is 4.99. The van der Waals surface area contributed by atoms with E-state index in [1.54, 1.807) is 32.4 Å². The van der Waals surface area contributed by atoms with Gasteiger partial charge in [0.25, 0.3) is 5.91 Å². The molecular weight excluding hydrogens is 382 g/mol. The first-order valence-corrected chi connectivity index (χ1v) is 10.1. The number of methoxy groups -OCH3 is 2. The van der Waals surface area contributed by atoms with Gasteiger partial charge < -0.3 is 19.3 Å². The minimum absolute atomic E-state index is 0.0827. The third kappa shape index (κ3) is 4.59. The van der Waals surface area contributed by atoms with Crippen LogP contribution in [0.25, 0.3) is 0 Å². The Morgan fingerprint density at radius 3 is 2.75 bits per heavy atom. The largest absolute Gasteiger partial charge is 0.496 e. The van der Waals surface area contributed by atoms with Crippen molar-refractivity contribution in [2.45, 2.75) is 18.9 Å². The van der Waals surface area contributed by atoms with Crippen molar-refractivity contribution in [3.8, 4) is 5.75 Å². The van der Waals surface area contributed by atoms with Gasteiger partial charge in [-0.1, -0.05) is 11.6 Å². The first-order valence-electron chi connectivity index (χ1n) is 9.69. The highest BCUT2D eigenvalue weighted by molar-refractivity contribution is 6.31. The number of rotatable bonds is 6. The van der Waals surface area contributed by atoms with Gasteiger partial charge in [-0.2, -0.15) is 0 Å². The summed E-state index contributed by atoms with van der Waals surface area (Å²) >= 11 is 6.08. The number of halogens is 1. The van der Waals surface area contributed by atoms with Gasteiger partial charge in [0.15, 0.2) is 0 Å². The van der Waals surface area contributed by atoms with Gasteiger partial charge in [0, 0.05) is 51.4 Å². The molecule has 2 aliphatic rings. The van der Waals surface area contributed by atoms with Gasteiger partial charge >= 0.3 is 0 Å². The molecule has 2 amide bonds. The number of hydrogen-bond acceptors (Lipinski definition) is 5. The summed E-state index contributed by atoms with van der Waals surface area (Å²) < 4.78 is 10.4. The predicted molar refractivity (Wildman–Crippen MR) is 107 cm³/mol. The molecule has 0 bridgehead atoms. The Morgan fingerprint density at radius 2 is 2.00 bits per heavy atom. The van der Waals surface area contributed by atoms with Crippen LogP contribution < -0.4 is 4.74 Å². The summed E-state index contributed by atoms with van der Waals surface area (Å²) in [5, 5.41) is 0.508. The molecule has 1 aromatic carbocycles. The minimum Gasteiger partial charge on any atom is -0.496 e. The van der Waals surface area contributed by atoms with Crippen molar-refractivity contribution < 1.29 is 19.1 Å². The first kappa shape index (κ1) is 20.9. The smallest absolute Gasteiger partial charge is 0.257 e. The number of hydrogen-bond donors (Lipinski definition) is 0. The number of likely N-dealkylation sites (tertiary alicyclic amines) is 1. The van der Waals surface area contributed by atoms with E-state index in [1.807, 2.05) is 9.80 Å². The molecule has 0 spiro atoms. The topological polar surface area (TPSA) is 62.3 Å². The molecule has 7 nitrogen and oxygen atoms in total. The van der Waals surface area contributed by atoms with Crippen LogP contribution in [-0.4, -0.2) is 92.7 Å². The van der Waals surface area contributed by atoms with E-state index in [0.717, 1.165) is 25.9 Å². The Morgan fingerprint density at radius 1 is 1.18 bits per heavy atom. The molecular formula is C20H28ClN3O4. The quantitative estimate of drug-likeness (QED) is 0.716. The molecule has 8 heteroatoms. The molecule has 0 radical (unpaired) electrons. The first-order chi connectivity index (χ1) is 13.5. The van der Waals surface area contributed by atoms with E-state index in [-0.39, 0.29) is 17.9 Å². The lowest BCUT2D eigenvalue weighted by molar-refractivity contribution is -0.132. The Hall–Kier alpha value is -1.83. The molecule has 0 unspecified atom stereocenters. The Labute approximate surface area is 171 Å². The van der Waals surface area contributed by atoms with Crippen molar-refractivity contribution in [1.29, 1.82) is 0 Å². The van der Waals surface area contributed by atoms with Crippen LogP contribution in [0.5, 0.6) is 5.75 Å². The van der Waals surface area contributed by atoms with E-state index in [4.69, 9.17) is 21.1 Å². The molecule has 2 aliphatic heterocycles. The van der Waals surface area contributed by atoms with Crippen LogP contribution in [0, 0.1) is 0 Å². The van der Waals surface area contributed by atoms with Crippen LogP contribution in [0.1, 0.15) is 23.2 Å². The maximum absolute atomic E-state index is 13.0. The zero-order valence-electron chi connectivity index (χ0n) is 16.5.